The fourth-order valence-electron chi connectivity index (χ4n) is 2.69. The monoisotopic (exact) mass is 317 g/mol. The van der Waals surface area contributed by atoms with Gasteiger partial charge in [-0.1, -0.05) is 13.8 Å². The van der Waals surface area contributed by atoms with E-state index in [2.05, 4.69) is 29.0 Å². The lowest BCUT2D eigenvalue weighted by Gasteiger charge is -2.18. The molecule has 0 atom stereocenters. The van der Waals surface area contributed by atoms with Gasteiger partial charge in [0.1, 0.15) is 0 Å². The van der Waals surface area contributed by atoms with Gasteiger partial charge in [-0.05, 0) is 38.2 Å². The number of methoxy groups -OCH3 is 2. The van der Waals surface area contributed by atoms with Crippen LogP contribution in [-0.2, 0) is 0 Å². The number of hydrogen-bond donors (Lipinski definition) is 1. The van der Waals surface area contributed by atoms with Gasteiger partial charge in [-0.3, -0.25) is 4.98 Å². The van der Waals surface area contributed by atoms with Crippen molar-refractivity contribution in [3.05, 3.63) is 24.4 Å². The summed E-state index contributed by atoms with van der Waals surface area (Å²) in [5.41, 5.74) is 1.98. The minimum Gasteiger partial charge on any atom is -0.493 e. The molecule has 1 N–H and O–H groups in total. The lowest BCUT2D eigenvalue weighted by molar-refractivity contribution is 0.303. The van der Waals surface area contributed by atoms with E-state index in [-0.39, 0.29) is 0 Å². The Morgan fingerprint density at radius 1 is 1.09 bits per heavy atom. The Morgan fingerprint density at radius 3 is 2.43 bits per heavy atom. The van der Waals surface area contributed by atoms with Crippen molar-refractivity contribution in [3.63, 3.8) is 0 Å². The highest BCUT2D eigenvalue weighted by molar-refractivity contribution is 5.93. The number of fused-ring (bicyclic) bond motifs is 1. The number of anilines is 1. The maximum Gasteiger partial charge on any atom is 0.162 e. The van der Waals surface area contributed by atoms with Crippen LogP contribution in [0.1, 0.15) is 20.3 Å². The van der Waals surface area contributed by atoms with Crippen molar-refractivity contribution in [1.82, 2.24) is 9.88 Å². The number of nitrogens with zero attached hydrogens (tertiary/aromatic N) is 2. The standard InChI is InChI=1S/C18H27N3O2/c1-5-21(6-2)11-7-9-19-15-8-10-20-16-13-18(23-4)17(22-3)12-14(15)16/h8,10,12-13H,5-7,9,11H2,1-4H3,(H,19,20). The quantitative estimate of drug-likeness (QED) is 0.718. The van der Waals surface area contributed by atoms with E-state index in [1.165, 1.54) is 0 Å². The van der Waals surface area contributed by atoms with Crippen LogP contribution < -0.4 is 14.8 Å². The molecule has 0 amide bonds. The Kier molecular flexibility index (Phi) is 6.47. The van der Waals surface area contributed by atoms with E-state index in [9.17, 15) is 0 Å². The van der Waals surface area contributed by atoms with Crippen molar-refractivity contribution >= 4 is 16.6 Å². The summed E-state index contributed by atoms with van der Waals surface area (Å²) in [6, 6.07) is 5.90. The van der Waals surface area contributed by atoms with E-state index in [1.54, 1.807) is 14.2 Å². The van der Waals surface area contributed by atoms with Crippen LogP contribution in [-0.4, -0.2) is 50.3 Å². The molecule has 1 aromatic heterocycles. The molecule has 2 aromatic rings. The van der Waals surface area contributed by atoms with Crippen molar-refractivity contribution in [1.29, 1.82) is 0 Å². The number of ether oxygens (including phenoxy) is 2. The summed E-state index contributed by atoms with van der Waals surface area (Å²) in [6.07, 6.45) is 2.93. The summed E-state index contributed by atoms with van der Waals surface area (Å²) in [5.74, 6) is 1.42. The predicted octanol–water partition coefficient (Wildman–Crippen LogP) is 3.40. The van der Waals surface area contributed by atoms with Crippen LogP contribution in [0, 0.1) is 0 Å². The number of pyridine rings is 1. The first-order valence-electron chi connectivity index (χ1n) is 8.20. The van der Waals surface area contributed by atoms with Gasteiger partial charge in [0.15, 0.2) is 11.5 Å². The van der Waals surface area contributed by atoms with Gasteiger partial charge in [0.25, 0.3) is 0 Å². The average Bonchev–Trinajstić information content (AvgIpc) is 2.60. The molecule has 0 aliphatic rings. The third kappa shape index (κ3) is 4.26. The van der Waals surface area contributed by atoms with Crippen molar-refractivity contribution in [2.45, 2.75) is 20.3 Å². The average molecular weight is 317 g/mol. The van der Waals surface area contributed by atoms with Crippen LogP contribution >= 0.6 is 0 Å². The molecule has 0 bridgehead atoms. The summed E-state index contributed by atoms with van der Waals surface area (Å²) in [4.78, 5) is 6.86. The van der Waals surface area contributed by atoms with Gasteiger partial charge in [-0.2, -0.15) is 0 Å². The maximum absolute atomic E-state index is 5.40. The molecule has 23 heavy (non-hydrogen) atoms. The summed E-state index contributed by atoms with van der Waals surface area (Å²) in [5, 5.41) is 4.57. The first-order valence-corrected chi connectivity index (χ1v) is 8.20. The second kappa shape index (κ2) is 8.58. The summed E-state index contributed by atoms with van der Waals surface area (Å²) in [6.45, 7) is 8.65. The van der Waals surface area contributed by atoms with E-state index in [4.69, 9.17) is 9.47 Å². The summed E-state index contributed by atoms with van der Waals surface area (Å²) >= 11 is 0. The van der Waals surface area contributed by atoms with Crippen molar-refractivity contribution in [3.8, 4) is 11.5 Å². The smallest absolute Gasteiger partial charge is 0.162 e. The Balaban J connectivity index is 2.11. The minimum absolute atomic E-state index is 0.700. The lowest BCUT2D eigenvalue weighted by Crippen LogP contribution is -2.25. The van der Waals surface area contributed by atoms with Crippen LogP contribution in [0.25, 0.3) is 10.9 Å². The molecule has 2 rings (SSSR count). The van der Waals surface area contributed by atoms with Crippen LogP contribution in [0.4, 0.5) is 5.69 Å². The highest BCUT2D eigenvalue weighted by Gasteiger charge is 2.09. The maximum atomic E-state index is 5.40. The molecule has 0 aliphatic carbocycles. The predicted molar refractivity (Wildman–Crippen MR) is 95.7 cm³/mol. The Morgan fingerprint density at radius 2 is 1.78 bits per heavy atom. The summed E-state index contributed by atoms with van der Waals surface area (Å²) < 4.78 is 10.7. The number of rotatable bonds is 9. The van der Waals surface area contributed by atoms with E-state index >= 15 is 0 Å². The first kappa shape index (κ1) is 17.3. The van der Waals surface area contributed by atoms with Crippen LogP contribution in [0.2, 0.25) is 0 Å². The molecule has 0 spiro atoms. The van der Waals surface area contributed by atoms with Crippen LogP contribution in [0.15, 0.2) is 24.4 Å². The molecular weight excluding hydrogens is 290 g/mol. The zero-order chi connectivity index (χ0) is 16.7. The molecule has 1 heterocycles. The molecular formula is C18H27N3O2. The molecule has 0 saturated carbocycles. The van der Waals surface area contributed by atoms with Crippen molar-refractivity contribution in [2.24, 2.45) is 0 Å². The highest BCUT2D eigenvalue weighted by Crippen LogP contribution is 2.34. The molecule has 0 aliphatic heterocycles. The Labute approximate surface area is 138 Å². The second-order valence-electron chi connectivity index (χ2n) is 5.39. The fraction of sp³-hybridized carbons (Fsp3) is 0.500. The van der Waals surface area contributed by atoms with Crippen molar-refractivity contribution < 1.29 is 9.47 Å². The lowest BCUT2D eigenvalue weighted by atomic mass is 10.1. The van der Waals surface area contributed by atoms with Gasteiger partial charge in [0.05, 0.1) is 19.7 Å². The van der Waals surface area contributed by atoms with Crippen LogP contribution in [0.3, 0.4) is 0 Å². The number of hydrogen-bond acceptors (Lipinski definition) is 5. The topological polar surface area (TPSA) is 46.6 Å². The van der Waals surface area contributed by atoms with E-state index in [1.807, 2.05) is 24.4 Å². The van der Waals surface area contributed by atoms with Gasteiger partial charge < -0.3 is 19.7 Å². The first-order chi connectivity index (χ1) is 11.2. The Bertz CT molecular complexity index is 627. The van der Waals surface area contributed by atoms with Crippen molar-refractivity contribution in [2.75, 3.05) is 45.7 Å². The highest BCUT2D eigenvalue weighted by atomic mass is 16.5. The zero-order valence-corrected chi connectivity index (χ0v) is 14.6. The van der Waals surface area contributed by atoms with E-state index in [0.717, 1.165) is 54.9 Å². The number of nitrogens with one attached hydrogen (secondary N) is 1. The fourth-order valence-corrected chi connectivity index (χ4v) is 2.69. The SMILES string of the molecule is CCN(CC)CCCNc1ccnc2cc(OC)c(OC)cc12. The van der Waals surface area contributed by atoms with Gasteiger partial charge in [-0.25, -0.2) is 0 Å². The largest absolute Gasteiger partial charge is 0.493 e. The number of benzene rings is 1. The number of aromatic nitrogens is 1. The summed E-state index contributed by atoms with van der Waals surface area (Å²) in [7, 11) is 3.29. The van der Waals surface area contributed by atoms with Gasteiger partial charge >= 0.3 is 0 Å². The second-order valence-corrected chi connectivity index (χ2v) is 5.39. The van der Waals surface area contributed by atoms with Gasteiger partial charge in [-0.15, -0.1) is 0 Å². The third-order valence-corrected chi connectivity index (χ3v) is 4.11. The Hall–Kier alpha value is -2.01. The molecule has 126 valence electrons. The normalized spacial score (nSPS) is 11.0. The van der Waals surface area contributed by atoms with Gasteiger partial charge in [0, 0.05) is 29.9 Å². The molecule has 0 unspecified atom stereocenters. The third-order valence-electron chi connectivity index (χ3n) is 4.11. The molecule has 0 fully saturated rings. The molecule has 0 radical (unpaired) electrons. The zero-order valence-electron chi connectivity index (χ0n) is 14.6. The minimum atomic E-state index is 0.700. The van der Waals surface area contributed by atoms with Gasteiger partial charge in [0.2, 0.25) is 0 Å². The molecule has 1 aromatic carbocycles. The molecule has 5 heteroatoms. The molecule has 5 nitrogen and oxygen atoms in total. The molecule has 0 saturated heterocycles. The van der Waals surface area contributed by atoms with E-state index < -0.39 is 0 Å². The van der Waals surface area contributed by atoms with E-state index in [0.29, 0.717) is 5.75 Å². The van der Waals surface area contributed by atoms with Crippen LogP contribution in [0.5, 0.6) is 11.5 Å².